The Morgan fingerprint density at radius 1 is 1.45 bits per heavy atom. The maximum absolute atomic E-state index is 12.4. The van der Waals surface area contributed by atoms with E-state index in [0.717, 1.165) is 18.2 Å². The van der Waals surface area contributed by atoms with Crippen molar-refractivity contribution in [1.29, 1.82) is 0 Å². The lowest BCUT2D eigenvalue weighted by molar-refractivity contribution is -0.137. The van der Waals surface area contributed by atoms with E-state index in [-0.39, 0.29) is 29.1 Å². The SMILES string of the molecule is CC(N)CCCC(=O)Nc1ccc(C(F)(F)F)cc1Cl. The summed E-state index contributed by atoms with van der Waals surface area (Å²) < 4.78 is 37.3. The van der Waals surface area contributed by atoms with Gasteiger partial charge >= 0.3 is 6.18 Å². The minimum absolute atomic E-state index is 0.0115. The van der Waals surface area contributed by atoms with E-state index in [1.54, 1.807) is 0 Å². The number of carbonyl (C=O) groups excluding carboxylic acids is 1. The van der Waals surface area contributed by atoms with Crippen molar-refractivity contribution >= 4 is 23.2 Å². The van der Waals surface area contributed by atoms with E-state index in [4.69, 9.17) is 17.3 Å². The van der Waals surface area contributed by atoms with E-state index in [1.165, 1.54) is 0 Å². The third-order valence-corrected chi connectivity index (χ3v) is 2.95. The third-order valence-electron chi connectivity index (χ3n) is 2.63. The molecular formula is C13H16ClF3N2O. The number of anilines is 1. The van der Waals surface area contributed by atoms with Crippen LogP contribution in [-0.4, -0.2) is 11.9 Å². The summed E-state index contributed by atoms with van der Waals surface area (Å²) in [4.78, 5) is 11.6. The molecule has 1 aromatic rings. The minimum Gasteiger partial charge on any atom is -0.328 e. The van der Waals surface area contributed by atoms with E-state index >= 15 is 0 Å². The third kappa shape index (κ3) is 5.38. The Kier molecular flexibility index (Phi) is 5.83. The Bertz CT molecular complexity index is 475. The van der Waals surface area contributed by atoms with Crippen molar-refractivity contribution in [3.63, 3.8) is 0 Å². The van der Waals surface area contributed by atoms with Gasteiger partial charge in [0, 0.05) is 12.5 Å². The average Bonchev–Trinajstić information content (AvgIpc) is 2.29. The summed E-state index contributed by atoms with van der Waals surface area (Å²) in [6, 6.07) is 2.83. The fourth-order valence-corrected chi connectivity index (χ4v) is 1.82. The molecule has 0 aromatic heterocycles. The molecule has 0 heterocycles. The van der Waals surface area contributed by atoms with Gasteiger partial charge in [-0.25, -0.2) is 0 Å². The highest BCUT2D eigenvalue weighted by molar-refractivity contribution is 6.33. The highest BCUT2D eigenvalue weighted by Gasteiger charge is 2.30. The molecular weight excluding hydrogens is 293 g/mol. The van der Waals surface area contributed by atoms with Gasteiger partial charge in [0.2, 0.25) is 5.91 Å². The van der Waals surface area contributed by atoms with Crippen LogP contribution in [0.1, 0.15) is 31.7 Å². The molecule has 0 radical (unpaired) electrons. The highest BCUT2D eigenvalue weighted by atomic mass is 35.5. The summed E-state index contributed by atoms with van der Waals surface area (Å²) in [5, 5.41) is 2.35. The molecule has 3 N–H and O–H groups in total. The van der Waals surface area contributed by atoms with Crippen LogP contribution in [0, 0.1) is 0 Å². The number of nitrogens with two attached hydrogens (primary N) is 1. The largest absolute Gasteiger partial charge is 0.416 e. The molecule has 1 aromatic carbocycles. The fourth-order valence-electron chi connectivity index (χ4n) is 1.59. The number of benzene rings is 1. The Balaban J connectivity index is 2.62. The van der Waals surface area contributed by atoms with Gasteiger partial charge in [-0.15, -0.1) is 0 Å². The topological polar surface area (TPSA) is 55.1 Å². The summed E-state index contributed by atoms with van der Waals surface area (Å²) in [7, 11) is 0. The van der Waals surface area contributed by atoms with E-state index in [2.05, 4.69) is 5.32 Å². The average molecular weight is 309 g/mol. The number of nitrogens with one attached hydrogen (secondary N) is 1. The van der Waals surface area contributed by atoms with Crippen molar-refractivity contribution in [3.8, 4) is 0 Å². The van der Waals surface area contributed by atoms with Gasteiger partial charge in [0.25, 0.3) is 0 Å². The summed E-state index contributed by atoms with van der Waals surface area (Å²) >= 11 is 5.73. The lowest BCUT2D eigenvalue weighted by Crippen LogP contribution is -2.17. The summed E-state index contributed by atoms with van der Waals surface area (Å²) in [6.45, 7) is 1.84. The molecule has 1 amide bonds. The number of halogens is 4. The van der Waals surface area contributed by atoms with Crippen LogP contribution in [-0.2, 0) is 11.0 Å². The van der Waals surface area contributed by atoms with Crippen LogP contribution < -0.4 is 11.1 Å². The smallest absolute Gasteiger partial charge is 0.328 e. The van der Waals surface area contributed by atoms with E-state index < -0.39 is 11.7 Å². The molecule has 0 saturated carbocycles. The molecule has 0 bridgehead atoms. The second-order valence-electron chi connectivity index (χ2n) is 4.61. The number of alkyl halides is 3. The molecule has 1 unspecified atom stereocenters. The zero-order valence-corrected chi connectivity index (χ0v) is 11.7. The van der Waals surface area contributed by atoms with Crippen molar-refractivity contribution in [1.82, 2.24) is 0 Å². The van der Waals surface area contributed by atoms with Crippen LogP contribution in [0.4, 0.5) is 18.9 Å². The lowest BCUT2D eigenvalue weighted by atomic mass is 10.1. The molecule has 3 nitrogen and oxygen atoms in total. The van der Waals surface area contributed by atoms with Gasteiger partial charge in [-0.3, -0.25) is 4.79 Å². The van der Waals surface area contributed by atoms with Gasteiger partial charge in [-0.05, 0) is 38.0 Å². The van der Waals surface area contributed by atoms with Gasteiger partial charge in [0.15, 0.2) is 0 Å². The monoisotopic (exact) mass is 308 g/mol. The Morgan fingerprint density at radius 3 is 2.60 bits per heavy atom. The molecule has 0 saturated heterocycles. The van der Waals surface area contributed by atoms with Crippen LogP contribution in [0.15, 0.2) is 18.2 Å². The molecule has 1 rings (SSSR count). The zero-order valence-electron chi connectivity index (χ0n) is 10.9. The molecule has 0 aliphatic heterocycles. The van der Waals surface area contributed by atoms with Crippen LogP contribution in [0.5, 0.6) is 0 Å². The number of rotatable bonds is 5. The second-order valence-corrected chi connectivity index (χ2v) is 5.02. The van der Waals surface area contributed by atoms with Crippen LogP contribution in [0.3, 0.4) is 0 Å². The Morgan fingerprint density at radius 2 is 2.10 bits per heavy atom. The van der Waals surface area contributed by atoms with Crippen molar-refractivity contribution in [2.75, 3.05) is 5.32 Å². The van der Waals surface area contributed by atoms with Crippen molar-refractivity contribution < 1.29 is 18.0 Å². The minimum atomic E-state index is -4.45. The molecule has 1 atom stereocenters. The number of carbonyl (C=O) groups is 1. The second kappa shape index (κ2) is 6.95. The first-order chi connectivity index (χ1) is 9.20. The van der Waals surface area contributed by atoms with Gasteiger partial charge in [-0.2, -0.15) is 13.2 Å². The van der Waals surface area contributed by atoms with Gasteiger partial charge in [0.05, 0.1) is 16.3 Å². The molecule has 20 heavy (non-hydrogen) atoms. The van der Waals surface area contributed by atoms with Gasteiger partial charge in [0.1, 0.15) is 0 Å². The van der Waals surface area contributed by atoms with E-state index in [9.17, 15) is 18.0 Å². The van der Waals surface area contributed by atoms with Gasteiger partial charge in [-0.1, -0.05) is 11.6 Å². The quantitative estimate of drug-likeness (QED) is 0.869. The molecule has 0 aliphatic carbocycles. The standard InChI is InChI=1S/C13H16ClF3N2O/c1-8(18)3-2-4-12(20)19-11-6-5-9(7-10(11)14)13(15,16)17/h5-8H,2-4,18H2,1H3,(H,19,20). The van der Waals surface area contributed by atoms with E-state index in [1.807, 2.05) is 6.92 Å². The first-order valence-corrected chi connectivity index (χ1v) is 6.50. The van der Waals surface area contributed by atoms with Gasteiger partial charge < -0.3 is 11.1 Å². The summed E-state index contributed by atoms with van der Waals surface area (Å²) in [5.74, 6) is -0.299. The summed E-state index contributed by atoms with van der Waals surface area (Å²) in [6.07, 6.45) is -2.89. The first kappa shape index (κ1) is 16.8. The van der Waals surface area contributed by atoms with E-state index in [0.29, 0.717) is 12.8 Å². The van der Waals surface area contributed by atoms with Crippen LogP contribution >= 0.6 is 11.6 Å². The molecule has 0 aliphatic rings. The van der Waals surface area contributed by atoms with Crippen molar-refractivity contribution in [2.45, 2.75) is 38.4 Å². The Hall–Kier alpha value is -1.27. The zero-order chi connectivity index (χ0) is 15.3. The molecule has 112 valence electrons. The number of hydrogen-bond donors (Lipinski definition) is 2. The lowest BCUT2D eigenvalue weighted by Gasteiger charge is -2.11. The predicted octanol–water partition coefficient (Wildman–Crippen LogP) is 3.81. The molecule has 7 heteroatoms. The maximum Gasteiger partial charge on any atom is 0.416 e. The van der Waals surface area contributed by atoms with Crippen LogP contribution in [0.25, 0.3) is 0 Å². The van der Waals surface area contributed by atoms with Crippen molar-refractivity contribution in [2.24, 2.45) is 5.73 Å². The number of amides is 1. The summed E-state index contributed by atoms with van der Waals surface area (Å²) in [5.41, 5.74) is 4.88. The Labute approximate surface area is 120 Å². The molecule has 0 spiro atoms. The molecule has 0 fully saturated rings. The van der Waals surface area contributed by atoms with Crippen molar-refractivity contribution in [3.05, 3.63) is 28.8 Å². The predicted molar refractivity (Wildman–Crippen MR) is 72.6 cm³/mol. The highest BCUT2D eigenvalue weighted by Crippen LogP contribution is 2.33. The maximum atomic E-state index is 12.4. The van der Waals surface area contributed by atoms with Crippen LogP contribution in [0.2, 0.25) is 5.02 Å². The normalized spacial score (nSPS) is 13.1. The first-order valence-electron chi connectivity index (χ1n) is 6.12. The fraction of sp³-hybridized carbons (Fsp3) is 0.462. The number of hydrogen-bond acceptors (Lipinski definition) is 2.